The molecule has 0 radical (unpaired) electrons. The number of guanidine groups is 1. The van der Waals surface area contributed by atoms with Crippen molar-refractivity contribution in [3.63, 3.8) is 0 Å². The van der Waals surface area contributed by atoms with E-state index >= 15 is 0 Å². The Morgan fingerprint density at radius 1 is 1.15 bits per heavy atom. The third-order valence-electron chi connectivity index (χ3n) is 5.79. The first kappa shape index (κ1) is 24.9. The predicted octanol–water partition coefficient (Wildman–Crippen LogP) is 1.69. The Labute approximate surface area is 182 Å². The zero-order valence-electron chi connectivity index (χ0n) is 17.1. The second kappa shape index (κ2) is 11.8. The molecule has 7 nitrogen and oxygen atoms in total. The normalized spacial score (nSPS) is 25.4. The molecule has 1 aliphatic heterocycles. The average molecular weight is 516 g/mol. The van der Waals surface area contributed by atoms with Crippen LogP contribution in [-0.4, -0.2) is 75.2 Å². The molecule has 2 fully saturated rings. The number of sulfonamides is 1. The molecule has 0 atom stereocenters. The Morgan fingerprint density at radius 3 is 2.22 bits per heavy atom. The van der Waals surface area contributed by atoms with Gasteiger partial charge in [-0.25, -0.2) is 13.6 Å². The first-order valence-electron chi connectivity index (χ1n) is 10.1. The summed E-state index contributed by atoms with van der Waals surface area (Å²) in [5.41, 5.74) is 0. The second-order valence-electron chi connectivity index (χ2n) is 7.94. The van der Waals surface area contributed by atoms with E-state index in [1.165, 1.54) is 25.7 Å². The molecule has 0 unspecified atom stereocenters. The highest BCUT2D eigenvalue weighted by molar-refractivity contribution is 14.0. The molecule has 1 saturated heterocycles. The fraction of sp³-hybridized carbons (Fsp3) is 0.944. The summed E-state index contributed by atoms with van der Waals surface area (Å²) in [5, 5.41) is 8.34. The Kier molecular flexibility index (Phi) is 10.9. The SMILES string of the molecule is CCNC(=NCCS(N)(=O)=O)N1CCN(C2CCC(C(C)C)CC2)CC1.I. The minimum Gasteiger partial charge on any atom is -0.357 e. The minimum atomic E-state index is -3.46. The number of nitrogens with one attached hydrogen (secondary N) is 1. The van der Waals surface area contributed by atoms with Crippen LogP contribution < -0.4 is 10.5 Å². The minimum absolute atomic E-state index is 0. The molecule has 1 saturated carbocycles. The van der Waals surface area contributed by atoms with Crippen LogP contribution in [0.5, 0.6) is 0 Å². The topological polar surface area (TPSA) is 91.0 Å². The van der Waals surface area contributed by atoms with Crippen molar-refractivity contribution < 1.29 is 8.42 Å². The smallest absolute Gasteiger partial charge is 0.210 e. The number of halogens is 1. The lowest BCUT2D eigenvalue weighted by Crippen LogP contribution is -2.55. The Morgan fingerprint density at radius 2 is 1.74 bits per heavy atom. The second-order valence-corrected chi connectivity index (χ2v) is 9.67. The van der Waals surface area contributed by atoms with Crippen LogP contribution in [0.2, 0.25) is 0 Å². The highest BCUT2D eigenvalue weighted by atomic mass is 127. The van der Waals surface area contributed by atoms with Crippen molar-refractivity contribution >= 4 is 40.0 Å². The lowest BCUT2D eigenvalue weighted by Gasteiger charge is -2.43. The number of primary sulfonamides is 1. The van der Waals surface area contributed by atoms with E-state index in [2.05, 4.69) is 34.0 Å². The standard InChI is InChI=1S/C18H37N5O2S.HI/c1-4-20-18(21-9-14-26(19,24)25)23-12-10-22(11-13-23)17-7-5-16(6-8-17)15(2)3;/h15-17H,4-14H2,1-3H3,(H,20,21)(H2,19,24,25);1H. The van der Waals surface area contributed by atoms with Gasteiger partial charge in [0.25, 0.3) is 0 Å². The van der Waals surface area contributed by atoms with Crippen LogP contribution in [0, 0.1) is 11.8 Å². The average Bonchev–Trinajstić information content (AvgIpc) is 2.60. The van der Waals surface area contributed by atoms with Gasteiger partial charge in [-0.3, -0.25) is 9.89 Å². The number of rotatable bonds is 6. The van der Waals surface area contributed by atoms with Crippen LogP contribution in [0.3, 0.4) is 0 Å². The van der Waals surface area contributed by atoms with Crippen LogP contribution in [0.25, 0.3) is 0 Å². The lowest BCUT2D eigenvalue weighted by atomic mass is 9.79. The molecular weight excluding hydrogens is 477 g/mol. The van der Waals surface area contributed by atoms with E-state index in [4.69, 9.17) is 5.14 Å². The van der Waals surface area contributed by atoms with Gasteiger partial charge in [0.1, 0.15) is 0 Å². The maximum absolute atomic E-state index is 11.1. The number of hydrogen-bond acceptors (Lipinski definition) is 4. The Bertz CT molecular complexity index is 554. The Balaban J connectivity index is 0.00000364. The molecule has 9 heteroatoms. The third-order valence-corrected chi connectivity index (χ3v) is 6.54. The summed E-state index contributed by atoms with van der Waals surface area (Å²) in [6.07, 6.45) is 5.37. The van der Waals surface area contributed by atoms with Gasteiger partial charge >= 0.3 is 0 Å². The highest BCUT2D eigenvalue weighted by Crippen LogP contribution is 2.32. The number of nitrogens with two attached hydrogens (primary N) is 1. The molecule has 27 heavy (non-hydrogen) atoms. The van der Waals surface area contributed by atoms with Gasteiger partial charge in [-0.1, -0.05) is 13.8 Å². The maximum atomic E-state index is 11.1. The summed E-state index contributed by atoms with van der Waals surface area (Å²) < 4.78 is 22.2. The first-order chi connectivity index (χ1) is 12.3. The largest absolute Gasteiger partial charge is 0.357 e. The zero-order chi connectivity index (χ0) is 19.2. The summed E-state index contributed by atoms with van der Waals surface area (Å²) in [4.78, 5) is 9.32. The fourth-order valence-electron chi connectivity index (χ4n) is 4.14. The van der Waals surface area contributed by atoms with Crippen molar-refractivity contribution in [3.8, 4) is 0 Å². The zero-order valence-corrected chi connectivity index (χ0v) is 20.2. The van der Waals surface area contributed by atoms with Crippen LogP contribution >= 0.6 is 24.0 Å². The summed E-state index contributed by atoms with van der Waals surface area (Å²) in [6.45, 7) is 11.7. The van der Waals surface area contributed by atoms with Crippen molar-refractivity contribution in [2.75, 3.05) is 45.0 Å². The van der Waals surface area contributed by atoms with Crippen molar-refractivity contribution in [1.29, 1.82) is 0 Å². The van der Waals surface area contributed by atoms with Crippen LogP contribution in [0.1, 0.15) is 46.5 Å². The highest BCUT2D eigenvalue weighted by Gasteiger charge is 2.29. The molecule has 0 aromatic carbocycles. The van der Waals surface area contributed by atoms with E-state index < -0.39 is 10.0 Å². The fourth-order valence-corrected chi connectivity index (χ4v) is 4.48. The number of hydrogen-bond donors (Lipinski definition) is 2. The van der Waals surface area contributed by atoms with E-state index in [9.17, 15) is 8.42 Å². The lowest BCUT2D eigenvalue weighted by molar-refractivity contribution is 0.0864. The van der Waals surface area contributed by atoms with Gasteiger partial charge in [-0.2, -0.15) is 0 Å². The van der Waals surface area contributed by atoms with E-state index in [0.29, 0.717) is 0 Å². The molecule has 3 N–H and O–H groups in total. The van der Waals surface area contributed by atoms with Gasteiger partial charge in [0.2, 0.25) is 10.0 Å². The van der Waals surface area contributed by atoms with Gasteiger partial charge in [-0.05, 0) is 44.4 Å². The molecular formula is C18H38IN5O2S. The molecule has 2 rings (SSSR count). The van der Waals surface area contributed by atoms with E-state index in [1.54, 1.807) is 0 Å². The van der Waals surface area contributed by atoms with Gasteiger partial charge < -0.3 is 10.2 Å². The monoisotopic (exact) mass is 515 g/mol. The van der Waals surface area contributed by atoms with E-state index in [0.717, 1.165) is 56.6 Å². The van der Waals surface area contributed by atoms with E-state index in [1.807, 2.05) is 6.92 Å². The molecule has 0 aromatic rings. The summed E-state index contributed by atoms with van der Waals surface area (Å²) in [6, 6.07) is 0.731. The van der Waals surface area contributed by atoms with Crippen LogP contribution in [-0.2, 0) is 10.0 Å². The van der Waals surface area contributed by atoms with E-state index in [-0.39, 0.29) is 36.3 Å². The molecule has 1 aliphatic carbocycles. The van der Waals surface area contributed by atoms with Crippen molar-refractivity contribution in [1.82, 2.24) is 15.1 Å². The van der Waals surface area contributed by atoms with Gasteiger partial charge in [0, 0.05) is 38.8 Å². The molecule has 0 bridgehead atoms. The van der Waals surface area contributed by atoms with Crippen LogP contribution in [0.15, 0.2) is 4.99 Å². The molecule has 0 aromatic heterocycles. The van der Waals surface area contributed by atoms with Crippen molar-refractivity contribution in [2.45, 2.75) is 52.5 Å². The van der Waals surface area contributed by atoms with Gasteiger partial charge in [-0.15, -0.1) is 24.0 Å². The molecule has 160 valence electrons. The maximum Gasteiger partial charge on any atom is 0.210 e. The van der Waals surface area contributed by atoms with Gasteiger partial charge in [0.05, 0.1) is 12.3 Å². The van der Waals surface area contributed by atoms with Crippen molar-refractivity contribution in [3.05, 3.63) is 0 Å². The number of piperazine rings is 1. The van der Waals surface area contributed by atoms with Crippen molar-refractivity contribution in [2.24, 2.45) is 22.0 Å². The third kappa shape index (κ3) is 8.41. The summed E-state index contributed by atoms with van der Waals surface area (Å²) in [7, 11) is -3.46. The molecule has 0 spiro atoms. The Hall–Kier alpha value is -0.130. The summed E-state index contributed by atoms with van der Waals surface area (Å²) >= 11 is 0. The molecule has 0 amide bonds. The molecule has 2 aliphatic rings. The van der Waals surface area contributed by atoms with Crippen LogP contribution in [0.4, 0.5) is 0 Å². The van der Waals surface area contributed by atoms with Gasteiger partial charge in [0.15, 0.2) is 5.96 Å². The quantitative estimate of drug-likeness (QED) is 0.319. The molecule has 1 heterocycles. The predicted molar refractivity (Wildman–Crippen MR) is 123 cm³/mol. The number of nitrogens with zero attached hydrogens (tertiary/aromatic N) is 3. The first-order valence-corrected chi connectivity index (χ1v) is 11.8. The number of aliphatic imine (C=N–C) groups is 1. The summed E-state index contributed by atoms with van der Waals surface area (Å²) in [5.74, 6) is 2.41.